The van der Waals surface area contributed by atoms with Gasteiger partial charge in [0.25, 0.3) is 0 Å². The van der Waals surface area contributed by atoms with Crippen LogP contribution in [0.15, 0.2) is 42.5 Å². The van der Waals surface area contributed by atoms with Gasteiger partial charge in [0.1, 0.15) is 0 Å². The molecule has 88 valence electrons. The van der Waals surface area contributed by atoms with Crippen LogP contribution < -0.4 is 5.32 Å². The maximum absolute atomic E-state index is 6.09. The minimum atomic E-state index is 0.571. The molecule has 0 aliphatic rings. The van der Waals surface area contributed by atoms with Gasteiger partial charge in [-0.05, 0) is 35.9 Å². The van der Waals surface area contributed by atoms with E-state index in [0.29, 0.717) is 16.6 Å². The second-order valence-corrected chi connectivity index (χ2v) is 4.79. The van der Waals surface area contributed by atoms with Gasteiger partial charge in [-0.15, -0.1) is 0 Å². The molecule has 1 nitrogen and oxygen atoms in total. The first kappa shape index (κ1) is 12.6. The molecule has 2 aromatic carbocycles. The topological polar surface area (TPSA) is 12.0 Å². The van der Waals surface area contributed by atoms with Crippen LogP contribution in [0.25, 0.3) is 0 Å². The molecule has 2 rings (SSSR count). The SMILES string of the molecule is Clc1ccc(NCc2cccc(Cl)c2Cl)cc1. The van der Waals surface area contributed by atoms with Crippen LogP contribution in [0.3, 0.4) is 0 Å². The van der Waals surface area contributed by atoms with Crippen LogP contribution in [0.5, 0.6) is 0 Å². The second kappa shape index (κ2) is 5.63. The van der Waals surface area contributed by atoms with Crippen molar-refractivity contribution < 1.29 is 0 Å². The Morgan fingerprint density at radius 3 is 2.29 bits per heavy atom. The summed E-state index contributed by atoms with van der Waals surface area (Å²) < 4.78 is 0. The number of hydrogen-bond acceptors (Lipinski definition) is 1. The van der Waals surface area contributed by atoms with E-state index in [9.17, 15) is 0 Å². The van der Waals surface area contributed by atoms with Crippen LogP contribution >= 0.6 is 34.8 Å². The molecule has 17 heavy (non-hydrogen) atoms. The predicted octanol–water partition coefficient (Wildman–Crippen LogP) is 5.26. The monoisotopic (exact) mass is 285 g/mol. The number of anilines is 1. The van der Waals surface area contributed by atoms with Crippen molar-refractivity contribution in [3.63, 3.8) is 0 Å². The summed E-state index contributed by atoms with van der Waals surface area (Å²) in [6.45, 7) is 0.626. The van der Waals surface area contributed by atoms with Gasteiger partial charge in [0, 0.05) is 17.3 Å². The molecule has 0 aliphatic carbocycles. The van der Waals surface area contributed by atoms with E-state index in [-0.39, 0.29) is 0 Å². The van der Waals surface area contributed by atoms with Crippen molar-refractivity contribution in [2.24, 2.45) is 0 Å². The van der Waals surface area contributed by atoms with E-state index in [1.54, 1.807) is 6.07 Å². The molecule has 0 radical (unpaired) electrons. The van der Waals surface area contributed by atoms with Crippen molar-refractivity contribution in [3.05, 3.63) is 63.1 Å². The highest BCUT2D eigenvalue weighted by atomic mass is 35.5. The first-order valence-electron chi connectivity index (χ1n) is 5.09. The van der Waals surface area contributed by atoms with Gasteiger partial charge in [0.05, 0.1) is 10.0 Å². The highest BCUT2D eigenvalue weighted by molar-refractivity contribution is 6.42. The lowest BCUT2D eigenvalue weighted by Gasteiger charge is -2.08. The summed E-state index contributed by atoms with van der Waals surface area (Å²) in [4.78, 5) is 0. The molecule has 0 aliphatic heterocycles. The number of rotatable bonds is 3. The molecule has 0 fully saturated rings. The smallest absolute Gasteiger partial charge is 0.0642 e. The zero-order valence-electron chi connectivity index (χ0n) is 8.88. The Morgan fingerprint density at radius 1 is 0.882 bits per heavy atom. The molecule has 0 atom stereocenters. The summed E-state index contributed by atoms with van der Waals surface area (Å²) in [5.41, 5.74) is 1.96. The van der Waals surface area contributed by atoms with Gasteiger partial charge in [-0.1, -0.05) is 46.9 Å². The van der Waals surface area contributed by atoms with E-state index in [4.69, 9.17) is 34.8 Å². The molecule has 0 amide bonds. The fraction of sp³-hybridized carbons (Fsp3) is 0.0769. The van der Waals surface area contributed by atoms with Crippen LogP contribution in [0, 0.1) is 0 Å². The minimum Gasteiger partial charge on any atom is -0.381 e. The van der Waals surface area contributed by atoms with Gasteiger partial charge in [0.2, 0.25) is 0 Å². The zero-order valence-corrected chi connectivity index (χ0v) is 11.2. The van der Waals surface area contributed by atoms with Crippen molar-refractivity contribution in [1.82, 2.24) is 0 Å². The molecular weight excluding hydrogens is 277 g/mol. The van der Waals surface area contributed by atoms with Gasteiger partial charge in [-0.25, -0.2) is 0 Å². The van der Waals surface area contributed by atoms with Crippen molar-refractivity contribution in [1.29, 1.82) is 0 Å². The first-order valence-corrected chi connectivity index (χ1v) is 6.22. The normalized spacial score (nSPS) is 10.3. The summed E-state index contributed by atoms with van der Waals surface area (Å²) in [5.74, 6) is 0. The lowest BCUT2D eigenvalue weighted by atomic mass is 10.2. The lowest BCUT2D eigenvalue weighted by molar-refractivity contribution is 1.15. The highest BCUT2D eigenvalue weighted by Crippen LogP contribution is 2.26. The molecule has 0 bridgehead atoms. The Kier molecular flexibility index (Phi) is 4.16. The molecule has 0 heterocycles. The van der Waals surface area contributed by atoms with E-state index in [1.165, 1.54) is 0 Å². The molecule has 1 N–H and O–H groups in total. The minimum absolute atomic E-state index is 0.571. The number of hydrogen-bond donors (Lipinski definition) is 1. The summed E-state index contributed by atoms with van der Waals surface area (Å²) in [5, 5.41) is 5.14. The van der Waals surface area contributed by atoms with Gasteiger partial charge < -0.3 is 5.32 Å². The average molecular weight is 287 g/mol. The van der Waals surface area contributed by atoms with Crippen molar-refractivity contribution in [2.45, 2.75) is 6.54 Å². The third-order valence-corrected chi connectivity index (χ3v) is 3.47. The van der Waals surface area contributed by atoms with Crippen LogP contribution in [0.1, 0.15) is 5.56 Å². The quantitative estimate of drug-likeness (QED) is 0.811. The van der Waals surface area contributed by atoms with E-state index in [0.717, 1.165) is 16.3 Å². The Labute approximate surface area is 115 Å². The molecule has 4 heteroatoms. The summed E-state index contributed by atoms with van der Waals surface area (Å²) in [7, 11) is 0. The second-order valence-electron chi connectivity index (χ2n) is 3.57. The lowest BCUT2D eigenvalue weighted by Crippen LogP contribution is -1.99. The average Bonchev–Trinajstić information content (AvgIpc) is 2.33. The molecular formula is C13H10Cl3N. The van der Waals surface area contributed by atoms with Crippen LogP contribution in [0.2, 0.25) is 15.1 Å². The Hall–Kier alpha value is -0.890. The molecule has 0 aromatic heterocycles. The van der Waals surface area contributed by atoms with Crippen LogP contribution in [0.4, 0.5) is 5.69 Å². The fourth-order valence-electron chi connectivity index (χ4n) is 1.45. The Balaban J connectivity index is 2.07. The standard InChI is InChI=1S/C13H10Cl3N/c14-10-4-6-11(7-5-10)17-8-9-2-1-3-12(15)13(9)16/h1-7,17H,8H2. The first-order chi connectivity index (χ1) is 8.16. The maximum atomic E-state index is 6.09. The number of benzene rings is 2. The van der Waals surface area contributed by atoms with Crippen molar-refractivity contribution in [2.75, 3.05) is 5.32 Å². The van der Waals surface area contributed by atoms with E-state index in [2.05, 4.69) is 5.32 Å². The molecule has 0 saturated heterocycles. The largest absolute Gasteiger partial charge is 0.381 e. The zero-order chi connectivity index (χ0) is 12.3. The van der Waals surface area contributed by atoms with Crippen molar-refractivity contribution >= 4 is 40.5 Å². The van der Waals surface area contributed by atoms with Gasteiger partial charge in [-0.2, -0.15) is 0 Å². The Bertz CT molecular complexity index is 509. The molecule has 0 spiro atoms. The molecule has 0 saturated carbocycles. The summed E-state index contributed by atoms with van der Waals surface area (Å²) in [6, 6.07) is 13.1. The fourth-order valence-corrected chi connectivity index (χ4v) is 1.96. The van der Waals surface area contributed by atoms with E-state index in [1.807, 2.05) is 36.4 Å². The van der Waals surface area contributed by atoms with Gasteiger partial charge in [0.15, 0.2) is 0 Å². The van der Waals surface area contributed by atoms with Crippen LogP contribution in [-0.4, -0.2) is 0 Å². The third kappa shape index (κ3) is 3.29. The van der Waals surface area contributed by atoms with Crippen molar-refractivity contribution in [3.8, 4) is 0 Å². The number of nitrogens with one attached hydrogen (secondary N) is 1. The van der Waals surface area contributed by atoms with Gasteiger partial charge >= 0.3 is 0 Å². The highest BCUT2D eigenvalue weighted by Gasteiger charge is 2.03. The summed E-state index contributed by atoms with van der Waals surface area (Å²) >= 11 is 17.8. The molecule has 0 unspecified atom stereocenters. The summed E-state index contributed by atoms with van der Waals surface area (Å²) in [6.07, 6.45) is 0. The van der Waals surface area contributed by atoms with E-state index >= 15 is 0 Å². The number of halogens is 3. The predicted molar refractivity (Wildman–Crippen MR) is 75.2 cm³/mol. The maximum Gasteiger partial charge on any atom is 0.0642 e. The van der Waals surface area contributed by atoms with E-state index < -0.39 is 0 Å². The molecule has 2 aromatic rings. The van der Waals surface area contributed by atoms with Gasteiger partial charge in [-0.3, -0.25) is 0 Å². The third-order valence-electron chi connectivity index (χ3n) is 2.36. The van der Waals surface area contributed by atoms with Crippen LogP contribution in [-0.2, 0) is 6.54 Å². The Morgan fingerprint density at radius 2 is 1.59 bits per heavy atom.